The number of nitrogens with zero attached hydrogens (tertiary/aromatic N) is 1. The zero-order valence-electron chi connectivity index (χ0n) is 12.4. The summed E-state index contributed by atoms with van der Waals surface area (Å²) in [6, 6.07) is 10.7. The molecule has 1 aliphatic heterocycles. The Morgan fingerprint density at radius 3 is 3.10 bits per heavy atom. The van der Waals surface area contributed by atoms with E-state index in [1.165, 1.54) is 5.56 Å². The van der Waals surface area contributed by atoms with Crippen molar-refractivity contribution >= 4 is 10.9 Å². The molecule has 1 saturated heterocycles. The standard InChI is InChI=1S/C17H22N2O2/c1-2-7-19-17(16-12-20-9-10-21-16)14-5-6-15-13(11-14)4-3-8-18-15/h3-6,8,11,16-17,19H,2,7,9-10,12H2,1H3. The zero-order valence-corrected chi connectivity index (χ0v) is 12.4. The number of rotatable bonds is 5. The van der Waals surface area contributed by atoms with Crippen molar-refractivity contribution in [2.24, 2.45) is 0 Å². The highest BCUT2D eigenvalue weighted by atomic mass is 16.6. The molecule has 2 aromatic rings. The van der Waals surface area contributed by atoms with E-state index in [9.17, 15) is 0 Å². The predicted octanol–water partition coefficient (Wildman–Crippen LogP) is 2.69. The van der Waals surface area contributed by atoms with Crippen LogP contribution >= 0.6 is 0 Å². The molecule has 0 saturated carbocycles. The fourth-order valence-electron chi connectivity index (χ4n) is 2.75. The van der Waals surface area contributed by atoms with Crippen LogP contribution in [0, 0.1) is 0 Å². The third-order valence-corrected chi connectivity index (χ3v) is 3.81. The average Bonchev–Trinajstić information content (AvgIpc) is 2.56. The molecule has 4 nitrogen and oxygen atoms in total. The van der Waals surface area contributed by atoms with Crippen LogP contribution in [0.15, 0.2) is 36.5 Å². The summed E-state index contributed by atoms with van der Waals surface area (Å²) in [5, 5.41) is 4.76. The van der Waals surface area contributed by atoms with Gasteiger partial charge in [-0.15, -0.1) is 0 Å². The first-order valence-electron chi connectivity index (χ1n) is 7.66. The number of nitrogens with one attached hydrogen (secondary N) is 1. The molecule has 2 heterocycles. The monoisotopic (exact) mass is 286 g/mol. The minimum absolute atomic E-state index is 0.0689. The van der Waals surface area contributed by atoms with Crippen molar-refractivity contribution < 1.29 is 9.47 Å². The molecule has 0 radical (unpaired) electrons. The molecule has 0 aliphatic carbocycles. The van der Waals surface area contributed by atoms with Gasteiger partial charge in [0.05, 0.1) is 31.4 Å². The fraction of sp³-hybridized carbons (Fsp3) is 0.471. The van der Waals surface area contributed by atoms with Crippen LogP contribution in [0.3, 0.4) is 0 Å². The Hall–Kier alpha value is -1.49. The lowest BCUT2D eigenvalue weighted by Crippen LogP contribution is -2.40. The van der Waals surface area contributed by atoms with Crippen LogP contribution in [0.4, 0.5) is 0 Å². The van der Waals surface area contributed by atoms with E-state index in [0.29, 0.717) is 19.8 Å². The van der Waals surface area contributed by atoms with E-state index < -0.39 is 0 Å². The summed E-state index contributed by atoms with van der Waals surface area (Å²) in [5.74, 6) is 0. The lowest BCUT2D eigenvalue weighted by atomic mass is 9.99. The topological polar surface area (TPSA) is 43.4 Å². The van der Waals surface area contributed by atoms with Crippen LogP contribution < -0.4 is 5.32 Å². The average molecular weight is 286 g/mol. The van der Waals surface area contributed by atoms with Crippen LogP contribution in [-0.2, 0) is 9.47 Å². The molecule has 1 aromatic carbocycles. The van der Waals surface area contributed by atoms with Gasteiger partial charge in [0.1, 0.15) is 6.10 Å². The van der Waals surface area contributed by atoms with Gasteiger partial charge < -0.3 is 14.8 Å². The van der Waals surface area contributed by atoms with Gasteiger partial charge in [0.25, 0.3) is 0 Å². The van der Waals surface area contributed by atoms with Gasteiger partial charge in [-0.1, -0.05) is 19.1 Å². The first-order chi connectivity index (χ1) is 10.4. The molecule has 112 valence electrons. The van der Waals surface area contributed by atoms with Crippen molar-refractivity contribution in [2.45, 2.75) is 25.5 Å². The quantitative estimate of drug-likeness (QED) is 0.918. The molecule has 1 N–H and O–H groups in total. The molecule has 1 aromatic heterocycles. The molecular weight excluding hydrogens is 264 g/mol. The second kappa shape index (κ2) is 6.98. The normalized spacial score (nSPS) is 20.5. The van der Waals surface area contributed by atoms with Gasteiger partial charge in [-0.25, -0.2) is 0 Å². The van der Waals surface area contributed by atoms with Crippen LogP contribution in [0.1, 0.15) is 24.9 Å². The van der Waals surface area contributed by atoms with Crippen molar-refractivity contribution in [1.82, 2.24) is 10.3 Å². The van der Waals surface area contributed by atoms with E-state index in [0.717, 1.165) is 23.9 Å². The first-order valence-corrected chi connectivity index (χ1v) is 7.66. The SMILES string of the molecule is CCCNC(c1ccc2ncccc2c1)C1COCCO1. The number of hydrogen-bond acceptors (Lipinski definition) is 4. The Balaban J connectivity index is 1.88. The number of aromatic nitrogens is 1. The minimum Gasteiger partial charge on any atom is -0.376 e. The molecular formula is C17H22N2O2. The predicted molar refractivity (Wildman–Crippen MR) is 83.3 cm³/mol. The summed E-state index contributed by atoms with van der Waals surface area (Å²) in [4.78, 5) is 4.38. The van der Waals surface area contributed by atoms with Crippen molar-refractivity contribution in [3.05, 3.63) is 42.1 Å². The number of fused-ring (bicyclic) bond motifs is 1. The third kappa shape index (κ3) is 3.40. The summed E-state index contributed by atoms with van der Waals surface area (Å²) in [6.07, 6.45) is 2.99. The Morgan fingerprint density at radius 2 is 2.29 bits per heavy atom. The molecule has 0 spiro atoms. The van der Waals surface area contributed by atoms with E-state index in [4.69, 9.17) is 9.47 Å². The van der Waals surface area contributed by atoms with Gasteiger partial charge in [-0.05, 0) is 36.7 Å². The number of hydrogen-bond donors (Lipinski definition) is 1. The molecule has 21 heavy (non-hydrogen) atoms. The first kappa shape index (κ1) is 14.4. The summed E-state index contributed by atoms with van der Waals surface area (Å²) in [6.45, 7) is 5.15. The Bertz CT molecular complexity index is 582. The fourth-order valence-corrected chi connectivity index (χ4v) is 2.75. The number of pyridine rings is 1. The molecule has 1 aliphatic rings. The van der Waals surface area contributed by atoms with Crippen molar-refractivity contribution in [3.8, 4) is 0 Å². The van der Waals surface area contributed by atoms with Crippen LogP contribution in [0.5, 0.6) is 0 Å². The lowest BCUT2D eigenvalue weighted by Gasteiger charge is -2.31. The van der Waals surface area contributed by atoms with Crippen LogP contribution in [-0.4, -0.2) is 37.5 Å². The van der Waals surface area contributed by atoms with Crippen molar-refractivity contribution in [1.29, 1.82) is 0 Å². The maximum Gasteiger partial charge on any atom is 0.100 e. The molecule has 1 fully saturated rings. The van der Waals surface area contributed by atoms with Gasteiger partial charge in [0, 0.05) is 11.6 Å². The summed E-state index contributed by atoms with van der Waals surface area (Å²) < 4.78 is 11.5. The Kier molecular flexibility index (Phi) is 4.80. The van der Waals surface area contributed by atoms with Crippen molar-refractivity contribution in [2.75, 3.05) is 26.4 Å². The number of benzene rings is 1. The highest BCUT2D eigenvalue weighted by Gasteiger charge is 2.26. The smallest absolute Gasteiger partial charge is 0.100 e. The third-order valence-electron chi connectivity index (χ3n) is 3.81. The second-order valence-corrected chi connectivity index (χ2v) is 5.37. The number of ether oxygens (including phenoxy) is 2. The van der Waals surface area contributed by atoms with E-state index >= 15 is 0 Å². The molecule has 0 amide bonds. The zero-order chi connectivity index (χ0) is 14.5. The van der Waals surface area contributed by atoms with E-state index in [1.54, 1.807) is 0 Å². The largest absolute Gasteiger partial charge is 0.376 e. The highest BCUT2D eigenvalue weighted by Crippen LogP contribution is 2.24. The molecule has 0 bridgehead atoms. The van der Waals surface area contributed by atoms with E-state index in [2.05, 4.69) is 41.5 Å². The highest BCUT2D eigenvalue weighted by molar-refractivity contribution is 5.79. The van der Waals surface area contributed by atoms with E-state index in [-0.39, 0.29) is 12.1 Å². The van der Waals surface area contributed by atoms with Crippen LogP contribution in [0.2, 0.25) is 0 Å². The maximum absolute atomic E-state index is 5.90. The molecule has 2 unspecified atom stereocenters. The van der Waals surface area contributed by atoms with E-state index in [1.807, 2.05) is 12.3 Å². The van der Waals surface area contributed by atoms with Gasteiger partial charge >= 0.3 is 0 Å². The van der Waals surface area contributed by atoms with Gasteiger partial charge in [-0.3, -0.25) is 4.98 Å². The van der Waals surface area contributed by atoms with Gasteiger partial charge in [0.2, 0.25) is 0 Å². The molecule has 4 heteroatoms. The molecule has 3 rings (SSSR count). The second-order valence-electron chi connectivity index (χ2n) is 5.37. The maximum atomic E-state index is 5.90. The van der Waals surface area contributed by atoms with Crippen molar-refractivity contribution in [3.63, 3.8) is 0 Å². The minimum atomic E-state index is 0.0689. The summed E-state index contributed by atoms with van der Waals surface area (Å²) in [5.41, 5.74) is 2.26. The van der Waals surface area contributed by atoms with Gasteiger partial charge in [0.15, 0.2) is 0 Å². The Morgan fingerprint density at radius 1 is 1.33 bits per heavy atom. The van der Waals surface area contributed by atoms with Crippen LogP contribution in [0.25, 0.3) is 10.9 Å². The Labute approximate surface area is 125 Å². The van der Waals surface area contributed by atoms with Gasteiger partial charge in [-0.2, -0.15) is 0 Å². The lowest BCUT2D eigenvalue weighted by molar-refractivity contribution is -0.102. The summed E-state index contributed by atoms with van der Waals surface area (Å²) >= 11 is 0. The molecule has 2 atom stereocenters. The summed E-state index contributed by atoms with van der Waals surface area (Å²) in [7, 11) is 0.